The number of hydrogen-bond donors (Lipinski definition) is 2. The summed E-state index contributed by atoms with van der Waals surface area (Å²) in [6, 6.07) is 44.5. The van der Waals surface area contributed by atoms with Crippen molar-refractivity contribution in [1.29, 1.82) is 0 Å². The standard InChI is InChI=1S/C49H56N2O6Si/c1-34(2)58(35(3)4,36(5)6)57-33-56-47(53)45(50-48(54)55-32-44-42-28-18-16-26-40(42)41-27-17-19-29-43(41)44)30-31-46(52)51-49(37-20-10-7-11-21-37,38-22-12-8-13-23-38)39-24-14-9-15-25-39/h7-29,34-36,44-45H,30-33H2,1-6H3,(H,50,54)(H,51,52)/t45-/m0/s1. The Kier molecular flexibility index (Phi) is 13.7. The first kappa shape index (κ1) is 42.1. The first-order valence-electron chi connectivity index (χ1n) is 20.4. The summed E-state index contributed by atoms with van der Waals surface area (Å²) < 4.78 is 18.2. The fraction of sp³-hybridized carbons (Fsp3) is 0.327. The van der Waals surface area contributed by atoms with Gasteiger partial charge in [0.05, 0.1) is 0 Å². The Morgan fingerprint density at radius 1 is 0.603 bits per heavy atom. The molecule has 6 rings (SSSR count). The van der Waals surface area contributed by atoms with Gasteiger partial charge >= 0.3 is 12.1 Å². The summed E-state index contributed by atoms with van der Waals surface area (Å²) in [5.41, 5.74) is 6.80. The van der Waals surface area contributed by atoms with Crippen LogP contribution < -0.4 is 10.6 Å². The van der Waals surface area contributed by atoms with Crippen LogP contribution >= 0.6 is 0 Å². The molecule has 0 saturated carbocycles. The fourth-order valence-electron chi connectivity index (χ4n) is 9.15. The van der Waals surface area contributed by atoms with Gasteiger partial charge in [0.2, 0.25) is 14.2 Å². The summed E-state index contributed by atoms with van der Waals surface area (Å²) >= 11 is 0. The number of esters is 1. The van der Waals surface area contributed by atoms with Gasteiger partial charge in [0, 0.05) is 12.3 Å². The average molecular weight is 797 g/mol. The van der Waals surface area contributed by atoms with Crippen molar-refractivity contribution in [3.63, 3.8) is 0 Å². The molecule has 5 aromatic carbocycles. The molecule has 0 heterocycles. The number of nitrogens with one attached hydrogen (secondary N) is 2. The second-order valence-electron chi connectivity index (χ2n) is 16.0. The highest BCUT2D eigenvalue weighted by Crippen LogP contribution is 2.45. The predicted molar refractivity (Wildman–Crippen MR) is 232 cm³/mol. The second kappa shape index (κ2) is 18.8. The molecule has 0 fully saturated rings. The molecule has 0 aliphatic heterocycles. The minimum absolute atomic E-state index is 0.0373. The zero-order chi connectivity index (χ0) is 41.3. The molecule has 0 radical (unpaired) electrons. The third-order valence-corrected chi connectivity index (χ3v) is 17.8. The molecule has 0 saturated heterocycles. The Labute approximate surface area is 344 Å². The van der Waals surface area contributed by atoms with Crippen LogP contribution in [-0.2, 0) is 29.0 Å². The van der Waals surface area contributed by atoms with E-state index in [1.54, 1.807) is 0 Å². The lowest BCUT2D eigenvalue weighted by Gasteiger charge is -2.41. The lowest BCUT2D eigenvalue weighted by Crippen LogP contribution is -2.50. The van der Waals surface area contributed by atoms with Gasteiger partial charge in [-0.05, 0) is 62.0 Å². The third-order valence-electron chi connectivity index (χ3n) is 11.7. The minimum Gasteiger partial charge on any atom is -0.449 e. The normalized spacial score (nSPS) is 13.2. The summed E-state index contributed by atoms with van der Waals surface area (Å²) in [6.45, 7) is 12.8. The van der Waals surface area contributed by atoms with Crippen molar-refractivity contribution < 1.29 is 28.3 Å². The highest BCUT2D eigenvalue weighted by molar-refractivity contribution is 6.77. The van der Waals surface area contributed by atoms with E-state index in [-0.39, 0.29) is 54.7 Å². The quantitative estimate of drug-likeness (QED) is 0.0420. The van der Waals surface area contributed by atoms with Crippen LogP contribution in [0.15, 0.2) is 140 Å². The van der Waals surface area contributed by atoms with Crippen molar-refractivity contribution in [2.75, 3.05) is 13.4 Å². The van der Waals surface area contributed by atoms with Crippen LogP contribution in [-0.4, -0.2) is 45.7 Å². The van der Waals surface area contributed by atoms with E-state index in [1.165, 1.54) is 0 Å². The molecule has 2 N–H and O–H groups in total. The topological polar surface area (TPSA) is 103 Å². The van der Waals surface area contributed by atoms with Crippen molar-refractivity contribution in [2.24, 2.45) is 0 Å². The van der Waals surface area contributed by atoms with Gasteiger partial charge in [0.15, 0.2) is 6.79 Å². The number of rotatable bonds is 17. The maximum absolute atomic E-state index is 14.3. The molecule has 5 aromatic rings. The smallest absolute Gasteiger partial charge is 0.407 e. The Morgan fingerprint density at radius 2 is 1.03 bits per heavy atom. The molecule has 1 aliphatic carbocycles. The van der Waals surface area contributed by atoms with Crippen LogP contribution in [0.4, 0.5) is 4.79 Å². The molecule has 0 bridgehead atoms. The van der Waals surface area contributed by atoms with E-state index >= 15 is 0 Å². The first-order chi connectivity index (χ1) is 28.0. The maximum atomic E-state index is 14.3. The van der Waals surface area contributed by atoms with Gasteiger partial charge in [-0.15, -0.1) is 0 Å². The van der Waals surface area contributed by atoms with Crippen LogP contribution in [0.25, 0.3) is 11.1 Å². The lowest BCUT2D eigenvalue weighted by molar-refractivity contribution is -0.153. The Balaban J connectivity index is 1.22. The van der Waals surface area contributed by atoms with Crippen molar-refractivity contribution in [3.05, 3.63) is 167 Å². The summed E-state index contributed by atoms with van der Waals surface area (Å²) in [6.07, 6.45) is -0.904. The largest absolute Gasteiger partial charge is 0.449 e. The van der Waals surface area contributed by atoms with Crippen LogP contribution in [0.1, 0.15) is 88.1 Å². The van der Waals surface area contributed by atoms with E-state index in [4.69, 9.17) is 13.9 Å². The molecule has 0 spiro atoms. The maximum Gasteiger partial charge on any atom is 0.407 e. The molecule has 302 valence electrons. The summed E-state index contributed by atoms with van der Waals surface area (Å²) in [7, 11) is -2.36. The van der Waals surface area contributed by atoms with Gasteiger partial charge in [-0.25, -0.2) is 9.59 Å². The number of carbonyl (C=O) groups is 3. The van der Waals surface area contributed by atoms with Crippen LogP contribution in [0, 0.1) is 0 Å². The molecule has 1 aliphatic rings. The fourth-order valence-corrected chi connectivity index (χ4v) is 14.4. The van der Waals surface area contributed by atoms with E-state index < -0.39 is 32.0 Å². The highest BCUT2D eigenvalue weighted by atomic mass is 28.4. The predicted octanol–water partition coefficient (Wildman–Crippen LogP) is 10.5. The molecule has 0 unspecified atom stereocenters. The Hall–Kier alpha value is -5.51. The number of amides is 2. The number of ether oxygens (including phenoxy) is 2. The van der Waals surface area contributed by atoms with Gasteiger partial charge < -0.3 is 24.5 Å². The molecular formula is C49H56N2O6Si. The zero-order valence-electron chi connectivity index (χ0n) is 34.4. The third kappa shape index (κ3) is 8.81. The summed E-state index contributed by atoms with van der Waals surface area (Å²) in [5, 5.41) is 6.11. The van der Waals surface area contributed by atoms with Crippen molar-refractivity contribution in [2.45, 2.75) is 88.5 Å². The Morgan fingerprint density at radius 3 is 1.48 bits per heavy atom. The summed E-state index contributed by atoms with van der Waals surface area (Å²) in [4.78, 5) is 41.8. The molecule has 0 aromatic heterocycles. The van der Waals surface area contributed by atoms with Crippen LogP contribution in [0.5, 0.6) is 0 Å². The monoisotopic (exact) mass is 796 g/mol. The van der Waals surface area contributed by atoms with Crippen molar-refractivity contribution in [3.8, 4) is 11.1 Å². The number of alkyl carbamates (subject to hydrolysis) is 1. The molecule has 9 heteroatoms. The number of hydrogen-bond acceptors (Lipinski definition) is 6. The number of carbonyl (C=O) groups excluding carboxylic acids is 3. The SMILES string of the molecule is CC(C)[Si](OCOC(=O)[C@H](CCC(=O)NC(c1ccccc1)(c1ccccc1)c1ccccc1)NC(=O)OCC1c2ccccc2-c2ccccc21)(C(C)C)C(C)C. The van der Waals surface area contributed by atoms with Gasteiger partial charge in [-0.1, -0.05) is 181 Å². The minimum atomic E-state index is -2.36. The average Bonchev–Trinajstić information content (AvgIpc) is 3.56. The van der Waals surface area contributed by atoms with Crippen LogP contribution in [0.2, 0.25) is 16.6 Å². The van der Waals surface area contributed by atoms with Gasteiger partial charge in [0.1, 0.15) is 18.2 Å². The molecule has 2 amide bonds. The highest BCUT2D eigenvalue weighted by Gasteiger charge is 2.45. The molecule has 8 nitrogen and oxygen atoms in total. The summed E-state index contributed by atoms with van der Waals surface area (Å²) in [5.74, 6) is -1.17. The first-order valence-corrected chi connectivity index (χ1v) is 22.5. The van der Waals surface area contributed by atoms with E-state index in [2.05, 4.69) is 76.4 Å². The van der Waals surface area contributed by atoms with Gasteiger partial charge in [0.25, 0.3) is 0 Å². The Bertz CT molecular complexity index is 1980. The van der Waals surface area contributed by atoms with E-state index in [0.717, 1.165) is 38.9 Å². The van der Waals surface area contributed by atoms with Crippen molar-refractivity contribution >= 4 is 26.3 Å². The number of benzene rings is 5. The lowest BCUT2D eigenvalue weighted by atomic mass is 9.77. The molecule has 1 atom stereocenters. The molecular weight excluding hydrogens is 741 g/mol. The van der Waals surface area contributed by atoms with E-state index in [0.29, 0.717) is 0 Å². The van der Waals surface area contributed by atoms with Gasteiger partial charge in [-0.3, -0.25) is 4.79 Å². The van der Waals surface area contributed by atoms with Crippen LogP contribution in [0.3, 0.4) is 0 Å². The second-order valence-corrected chi connectivity index (χ2v) is 21.5. The number of fused-ring (bicyclic) bond motifs is 3. The van der Waals surface area contributed by atoms with E-state index in [1.807, 2.05) is 115 Å². The van der Waals surface area contributed by atoms with Crippen molar-refractivity contribution in [1.82, 2.24) is 10.6 Å². The van der Waals surface area contributed by atoms with E-state index in [9.17, 15) is 14.4 Å². The zero-order valence-corrected chi connectivity index (χ0v) is 35.4. The van der Waals surface area contributed by atoms with Gasteiger partial charge in [-0.2, -0.15) is 0 Å². The molecule has 58 heavy (non-hydrogen) atoms.